The molecule has 0 radical (unpaired) electrons. The molecule has 19 heavy (non-hydrogen) atoms. The Hall–Kier alpha value is -0.840. The molecular formula is C14H22ClN3O. The van der Waals surface area contributed by atoms with Crippen molar-refractivity contribution in [3.63, 3.8) is 0 Å². The number of nitrogens with zero attached hydrogens (tertiary/aromatic N) is 2. The number of β-amino-alcohol motifs (C(OH)–C–C–N with tert-alkyl or cyclic N) is 1. The average molecular weight is 284 g/mol. The molecule has 1 aliphatic rings. The van der Waals surface area contributed by atoms with Crippen LogP contribution in [0.15, 0.2) is 12.1 Å². The van der Waals surface area contributed by atoms with Crippen LogP contribution in [0.3, 0.4) is 0 Å². The van der Waals surface area contributed by atoms with Crippen molar-refractivity contribution in [2.45, 2.75) is 32.3 Å². The minimum atomic E-state index is -0.137. The van der Waals surface area contributed by atoms with Crippen LogP contribution in [0.5, 0.6) is 0 Å². The molecule has 0 aromatic carbocycles. The van der Waals surface area contributed by atoms with Crippen LogP contribution in [0.25, 0.3) is 0 Å². The van der Waals surface area contributed by atoms with Gasteiger partial charge in [0.2, 0.25) is 0 Å². The molecule has 1 fully saturated rings. The summed E-state index contributed by atoms with van der Waals surface area (Å²) in [5.41, 5.74) is 0.853. The van der Waals surface area contributed by atoms with Crippen molar-refractivity contribution in [1.82, 2.24) is 9.88 Å². The second-order valence-corrected chi connectivity index (χ2v) is 5.55. The van der Waals surface area contributed by atoms with Crippen molar-refractivity contribution in [2.75, 3.05) is 31.5 Å². The molecule has 1 saturated heterocycles. The van der Waals surface area contributed by atoms with E-state index in [1.54, 1.807) is 0 Å². The zero-order chi connectivity index (χ0) is 13.7. The number of nitrogens with one attached hydrogen (secondary N) is 1. The molecule has 2 rings (SSSR count). The quantitative estimate of drug-likeness (QED) is 0.814. The maximum absolute atomic E-state index is 9.59. The molecule has 0 amide bonds. The van der Waals surface area contributed by atoms with Crippen LogP contribution < -0.4 is 5.32 Å². The topological polar surface area (TPSA) is 48.4 Å². The third-order valence-corrected chi connectivity index (χ3v) is 3.86. The van der Waals surface area contributed by atoms with Gasteiger partial charge in [0.15, 0.2) is 0 Å². The van der Waals surface area contributed by atoms with Crippen LogP contribution in [0, 0.1) is 6.92 Å². The molecule has 0 bridgehead atoms. The van der Waals surface area contributed by atoms with Gasteiger partial charge in [0.25, 0.3) is 0 Å². The number of aliphatic hydroxyl groups excluding tert-OH is 1. The smallest absolute Gasteiger partial charge is 0.126 e. The van der Waals surface area contributed by atoms with E-state index in [1.165, 1.54) is 0 Å². The highest BCUT2D eigenvalue weighted by Crippen LogP contribution is 2.15. The molecule has 1 unspecified atom stereocenters. The highest BCUT2D eigenvalue weighted by molar-refractivity contribution is 6.31. The SMILES string of the molecule is Cc1nc(NCCCN2CCCC(O)C2)ccc1Cl. The summed E-state index contributed by atoms with van der Waals surface area (Å²) in [5, 5.41) is 13.6. The predicted molar refractivity (Wildman–Crippen MR) is 78.8 cm³/mol. The standard InChI is InChI=1S/C14H22ClN3O/c1-11-13(15)5-6-14(17-11)16-7-3-9-18-8-2-4-12(19)10-18/h5-6,12,19H,2-4,7-10H2,1H3,(H,16,17). The molecular weight excluding hydrogens is 262 g/mol. The first-order chi connectivity index (χ1) is 9.15. The maximum atomic E-state index is 9.59. The Kier molecular flexibility index (Phi) is 5.43. The first-order valence-electron chi connectivity index (χ1n) is 6.92. The number of aromatic nitrogens is 1. The second-order valence-electron chi connectivity index (χ2n) is 5.14. The van der Waals surface area contributed by atoms with Crippen LogP contribution in [0.4, 0.5) is 5.82 Å². The van der Waals surface area contributed by atoms with Crippen LogP contribution in [-0.2, 0) is 0 Å². The van der Waals surface area contributed by atoms with Crippen LogP contribution in [0.2, 0.25) is 5.02 Å². The van der Waals surface area contributed by atoms with Gasteiger partial charge in [-0.25, -0.2) is 4.98 Å². The van der Waals surface area contributed by atoms with Gasteiger partial charge in [0.1, 0.15) is 5.82 Å². The first kappa shape index (κ1) is 14.6. The summed E-state index contributed by atoms with van der Waals surface area (Å²) in [6, 6.07) is 3.77. The molecule has 0 spiro atoms. The van der Waals surface area contributed by atoms with Gasteiger partial charge in [0, 0.05) is 13.1 Å². The zero-order valence-electron chi connectivity index (χ0n) is 11.4. The Morgan fingerprint density at radius 3 is 3.11 bits per heavy atom. The summed E-state index contributed by atoms with van der Waals surface area (Å²) in [5.74, 6) is 0.876. The van der Waals surface area contributed by atoms with Gasteiger partial charge >= 0.3 is 0 Å². The van der Waals surface area contributed by atoms with Crippen LogP contribution in [0.1, 0.15) is 25.0 Å². The highest BCUT2D eigenvalue weighted by Gasteiger charge is 2.16. The fourth-order valence-corrected chi connectivity index (χ4v) is 2.50. The molecule has 0 aliphatic carbocycles. The van der Waals surface area contributed by atoms with Crippen molar-refractivity contribution in [1.29, 1.82) is 0 Å². The van der Waals surface area contributed by atoms with Gasteiger partial charge in [-0.05, 0) is 51.4 Å². The lowest BCUT2D eigenvalue weighted by atomic mass is 10.1. The van der Waals surface area contributed by atoms with E-state index in [9.17, 15) is 5.11 Å². The van der Waals surface area contributed by atoms with Gasteiger partial charge < -0.3 is 15.3 Å². The van der Waals surface area contributed by atoms with E-state index < -0.39 is 0 Å². The third kappa shape index (κ3) is 4.64. The summed E-state index contributed by atoms with van der Waals surface area (Å²) < 4.78 is 0. The van der Waals surface area contributed by atoms with Gasteiger partial charge in [-0.15, -0.1) is 0 Å². The zero-order valence-corrected chi connectivity index (χ0v) is 12.2. The summed E-state index contributed by atoms with van der Waals surface area (Å²) in [6.45, 7) is 5.74. The molecule has 2 N–H and O–H groups in total. The molecule has 106 valence electrons. The number of hydrogen-bond acceptors (Lipinski definition) is 4. The van der Waals surface area contributed by atoms with Crippen molar-refractivity contribution >= 4 is 17.4 Å². The number of rotatable bonds is 5. The van der Waals surface area contributed by atoms with Crippen LogP contribution >= 0.6 is 11.6 Å². The van der Waals surface area contributed by atoms with E-state index in [0.717, 1.165) is 57.0 Å². The van der Waals surface area contributed by atoms with Gasteiger partial charge in [-0.2, -0.15) is 0 Å². The molecule has 1 aromatic rings. The lowest BCUT2D eigenvalue weighted by Crippen LogP contribution is -2.39. The second kappa shape index (κ2) is 7.08. The van der Waals surface area contributed by atoms with E-state index in [0.29, 0.717) is 5.02 Å². The monoisotopic (exact) mass is 283 g/mol. The number of halogens is 1. The molecule has 5 heteroatoms. The molecule has 1 aliphatic heterocycles. The molecule has 4 nitrogen and oxygen atoms in total. The van der Waals surface area contributed by atoms with E-state index in [4.69, 9.17) is 11.6 Å². The van der Waals surface area contributed by atoms with Gasteiger partial charge in [-0.1, -0.05) is 11.6 Å². The largest absolute Gasteiger partial charge is 0.392 e. The summed E-state index contributed by atoms with van der Waals surface area (Å²) >= 11 is 5.94. The average Bonchev–Trinajstić information content (AvgIpc) is 2.39. The molecule has 1 aromatic heterocycles. The van der Waals surface area contributed by atoms with E-state index in [2.05, 4.69) is 15.2 Å². The molecule has 1 atom stereocenters. The minimum absolute atomic E-state index is 0.137. The Labute approximate surface area is 119 Å². The fraction of sp³-hybridized carbons (Fsp3) is 0.643. The van der Waals surface area contributed by atoms with Crippen molar-refractivity contribution in [2.24, 2.45) is 0 Å². The number of aliphatic hydroxyl groups is 1. The number of likely N-dealkylation sites (tertiary alicyclic amines) is 1. The summed E-state index contributed by atoms with van der Waals surface area (Å²) in [4.78, 5) is 6.70. The van der Waals surface area contributed by atoms with Crippen molar-refractivity contribution < 1.29 is 5.11 Å². The molecule has 2 heterocycles. The normalized spacial score (nSPS) is 20.5. The Morgan fingerprint density at radius 1 is 1.53 bits per heavy atom. The number of hydrogen-bond donors (Lipinski definition) is 2. The summed E-state index contributed by atoms with van der Waals surface area (Å²) in [7, 11) is 0. The van der Waals surface area contributed by atoms with Crippen molar-refractivity contribution in [3.05, 3.63) is 22.8 Å². The van der Waals surface area contributed by atoms with E-state index >= 15 is 0 Å². The van der Waals surface area contributed by atoms with E-state index in [1.807, 2.05) is 19.1 Å². The number of aryl methyl sites for hydroxylation is 1. The van der Waals surface area contributed by atoms with E-state index in [-0.39, 0.29) is 6.10 Å². The Balaban J connectivity index is 1.67. The number of pyridine rings is 1. The first-order valence-corrected chi connectivity index (χ1v) is 7.30. The summed E-state index contributed by atoms with van der Waals surface area (Å²) in [6.07, 6.45) is 2.97. The Bertz CT molecular complexity index is 414. The fourth-order valence-electron chi connectivity index (χ4n) is 2.40. The number of anilines is 1. The van der Waals surface area contributed by atoms with Crippen molar-refractivity contribution in [3.8, 4) is 0 Å². The van der Waals surface area contributed by atoms with Gasteiger partial charge in [-0.3, -0.25) is 0 Å². The predicted octanol–water partition coefficient (Wildman–Crippen LogP) is 2.30. The highest BCUT2D eigenvalue weighted by atomic mass is 35.5. The molecule has 0 saturated carbocycles. The maximum Gasteiger partial charge on any atom is 0.126 e. The minimum Gasteiger partial charge on any atom is -0.392 e. The number of piperidine rings is 1. The Morgan fingerprint density at radius 2 is 2.37 bits per heavy atom. The van der Waals surface area contributed by atoms with Gasteiger partial charge in [0.05, 0.1) is 16.8 Å². The van der Waals surface area contributed by atoms with Crippen LogP contribution in [-0.4, -0.2) is 47.3 Å². The lowest BCUT2D eigenvalue weighted by molar-refractivity contribution is 0.0706. The lowest BCUT2D eigenvalue weighted by Gasteiger charge is -2.29. The third-order valence-electron chi connectivity index (χ3n) is 3.46.